The summed E-state index contributed by atoms with van der Waals surface area (Å²) in [6.45, 7) is 1.14. The topological polar surface area (TPSA) is 111 Å². The highest BCUT2D eigenvalue weighted by molar-refractivity contribution is 5.88. The first-order valence-electron chi connectivity index (χ1n) is 6.35. The smallest absolute Gasteiger partial charge is 0.335 e. The zero-order valence-corrected chi connectivity index (χ0v) is 11.0. The van der Waals surface area contributed by atoms with E-state index in [1.165, 1.54) is 6.33 Å². The van der Waals surface area contributed by atoms with Crippen LogP contribution in [0.3, 0.4) is 0 Å². The largest absolute Gasteiger partial charge is 0.478 e. The molecule has 2 amide bonds. The van der Waals surface area contributed by atoms with Gasteiger partial charge >= 0.3 is 12.0 Å². The van der Waals surface area contributed by atoms with Gasteiger partial charge in [-0.25, -0.2) is 14.6 Å². The number of H-pyrrole nitrogens is 1. The number of carboxylic acids is 1. The summed E-state index contributed by atoms with van der Waals surface area (Å²) in [4.78, 5) is 28.5. The van der Waals surface area contributed by atoms with Crippen LogP contribution in [0.4, 0.5) is 4.79 Å². The number of rotatable bonds is 3. The van der Waals surface area contributed by atoms with Crippen LogP contribution in [-0.2, 0) is 19.6 Å². The van der Waals surface area contributed by atoms with Gasteiger partial charge in [0.1, 0.15) is 12.2 Å². The number of aromatic amines is 1. The normalized spacial score (nSPS) is 13.0. The molecule has 1 aliphatic rings. The van der Waals surface area contributed by atoms with E-state index in [4.69, 9.17) is 5.11 Å². The van der Waals surface area contributed by atoms with Crippen LogP contribution in [0.1, 0.15) is 27.3 Å². The number of nitrogens with zero attached hydrogens (tertiary/aromatic N) is 3. The van der Waals surface area contributed by atoms with Crippen molar-refractivity contribution in [1.29, 1.82) is 0 Å². The van der Waals surface area contributed by atoms with Gasteiger partial charge in [-0.15, -0.1) is 0 Å². The van der Waals surface area contributed by atoms with Gasteiger partial charge in [0.05, 0.1) is 12.1 Å². The highest BCUT2D eigenvalue weighted by atomic mass is 16.4. The standard InChI is InChI=1S/C13H13N5O3/c19-12(20)8-1-2-9-5-18(6-10(9)3-8)13(21)14-4-11-15-7-16-17-11/h1-3,7H,4-6H2,(H,14,21)(H,19,20)(H,15,16,17). The lowest BCUT2D eigenvalue weighted by molar-refractivity contribution is 0.0696. The molecule has 0 saturated heterocycles. The van der Waals surface area contributed by atoms with E-state index in [2.05, 4.69) is 20.5 Å². The van der Waals surface area contributed by atoms with Gasteiger partial charge in [-0.1, -0.05) is 6.07 Å². The van der Waals surface area contributed by atoms with E-state index in [0.717, 1.165) is 11.1 Å². The first kappa shape index (κ1) is 13.1. The van der Waals surface area contributed by atoms with Crippen LogP contribution < -0.4 is 5.32 Å². The maximum Gasteiger partial charge on any atom is 0.335 e. The third-order valence-corrected chi connectivity index (χ3v) is 3.33. The number of carbonyl (C=O) groups excluding carboxylic acids is 1. The summed E-state index contributed by atoms with van der Waals surface area (Å²) < 4.78 is 0. The fraction of sp³-hybridized carbons (Fsp3) is 0.231. The first-order valence-corrected chi connectivity index (χ1v) is 6.35. The predicted octanol–water partition coefficient (Wildman–Crippen LogP) is 0.728. The van der Waals surface area contributed by atoms with Crippen molar-refractivity contribution in [3.8, 4) is 0 Å². The van der Waals surface area contributed by atoms with Gasteiger partial charge in [-0.05, 0) is 23.3 Å². The van der Waals surface area contributed by atoms with Crippen LogP contribution in [-0.4, -0.2) is 37.2 Å². The second kappa shape index (κ2) is 5.23. The minimum Gasteiger partial charge on any atom is -0.478 e. The van der Waals surface area contributed by atoms with Gasteiger partial charge in [0, 0.05) is 13.1 Å². The maximum absolute atomic E-state index is 12.1. The summed E-state index contributed by atoms with van der Waals surface area (Å²) in [5.41, 5.74) is 2.07. The molecule has 21 heavy (non-hydrogen) atoms. The van der Waals surface area contributed by atoms with Crippen molar-refractivity contribution in [2.45, 2.75) is 19.6 Å². The Morgan fingerprint density at radius 1 is 1.33 bits per heavy atom. The third-order valence-electron chi connectivity index (χ3n) is 3.33. The van der Waals surface area contributed by atoms with Crippen molar-refractivity contribution in [3.63, 3.8) is 0 Å². The Bertz CT molecular complexity index is 683. The molecule has 0 bridgehead atoms. The highest BCUT2D eigenvalue weighted by Gasteiger charge is 2.24. The van der Waals surface area contributed by atoms with E-state index >= 15 is 0 Å². The summed E-state index contributed by atoms with van der Waals surface area (Å²) in [7, 11) is 0. The Hall–Kier alpha value is -2.90. The van der Waals surface area contributed by atoms with E-state index in [1.807, 2.05) is 0 Å². The van der Waals surface area contributed by atoms with Crippen LogP contribution in [0.25, 0.3) is 0 Å². The Morgan fingerprint density at radius 2 is 2.14 bits per heavy atom. The van der Waals surface area contributed by atoms with Crippen molar-refractivity contribution in [3.05, 3.63) is 47.0 Å². The minimum absolute atomic E-state index is 0.223. The number of carbonyl (C=O) groups is 2. The number of hydrogen-bond acceptors (Lipinski definition) is 4. The third kappa shape index (κ3) is 2.69. The molecule has 2 aromatic rings. The number of amides is 2. The number of aromatic nitrogens is 3. The van der Waals surface area contributed by atoms with Crippen LogP contribution in [0.2, 0.25) is 0 Å². The summed E-state index contributed by atoms with van der Waals surface area (Å²) in [6, 6.07) is 4.69. The van der Waals surface area contributed by atoms with Gasteiger partial charge in [0.2, 0.25) is 0 Å². The van der Waals surface area contributed by atoms with Crippen LogP contribution in [0, 0.1) is 0 Å². The van der Waals surface area contributed by atoms with Gasteiger partial charge in [-0.3, -0.25) is 5.10 Å². The average molecular weight is 287 g/mol. The van der Waals surface area contributed by atoms with E-state index in [0.29, 0.717) is 18.9 Å². The lowest BCUT2D eigenvalue weighted by Crippen LogP contribution is -2.36. The Morgan fingerprint density at radius 3 is 2.86 bits per heavy atom. The van der Waals surface area contributed by atoms with E-state index in [1.54, 1.807) is 23.1 Å². The van der Waals surface area contributed by atoms with E-state index in [9.17, 15) is 9.59 Å². The van der Waals surface area contributed by atoms with Crippen molar-refractivity contribution < 1.29 is 14.7 Å². The molecule has 0 atom stereocenters. The number of benzene rings is 1. The van der Waals surface area contributed by atoms with Crippen LogP contribution in [0.15, 0.2) is 24.5 Å². The molecule has 0 saturated carbocycles. The molecule has 8 nitrogen and oxygen atoms in total. The fourth-order valence-electron chi connectivity index (χ4n) is 2.26. The molecule has 108 valence electrons. The number of nitrogens with one attached hydrogen (secondary N) is 2. The maximum atomic E-state index is 12.1. The van der Waals surface area contributed by atoms with Crippen molar-refractivity contribution in [1.82, 2.24) is 25.4 Å². The zero-order chi connectivity index (χ0) is 14.8. The number of aromatic carboxylic acids is 1. The summed E-state index contributed by atoms with van der Waals surface area (Å²) in [6.07, 6.45) is 1.38. The molecular formula is C13H13N5O3. The molecule has 1 aromatic heterocycles. The number of urea groups is 1. The molecule has 1 aromatic carbocycles. The molecule has 1 aliphatic heterocycles. The molecule has 0 aliphatic carbocycles. The molecule has 3 N–H and O–H groups in total. The summed E-state index contributed by atoms with van der Waals surface area (Å²) in [5, 5.41) is 18.1. The van der Waals surface area contributed by atoms with Crippen molar-refractivity contribution in [2.24, 2.45) is 0 Å². The van der Waals surface area contributed by atoms with Crippen LogP contribution in [0.5, 0.6) is 0 Å². The van der Waals surface area contributed by atoms with Gasteiger partial charge in [-0.2, -0.15) is 5.10 Å². The molecule has 0 fully saturated rings. The number of carboxylic acid groups (broad SMARTS) is 1. The van der Waals surface area contributed by atoms with E-state index in [-0.39, 0.29) is 18.1 Å². The summed E-state index contributed by atoms with van der Waals surface area (Å²) in [5.74, 6) is -0.390. The monoisotopic (exact) mass is 287 g/mol. The SMILES string of the molecule is O=C(O)c1ccc2c(c1)CN(C(=O)NCc1ncn[nH]1)C2. The molecule has 3 rings (SSSR count). The predicted molar refractivity (Wildman–Crippen MR) is 71.3 cm³/mol. The molecule has 0 spiro atoms. The second-order valence-corrected chi connectivity index (χ2v) is 4.74. The fourth-order valence-corrected chi connectivity index (χ4v) is 2.26. The second-order valence-electron chi connectivity index (χ2n) is 4.74. The average Bonchev–Trinajstić information content (AvgIpc) is 3.12. The van der Waals surface area contributed by atoms with Gasteiger partial charge < -0.3 is 15.3 Å². The zero-order valence-electron chi connectivity index (χ0n) is 11.0. The lowest BCUT2D eigenvalue weighted by Gasteiger charge is -2.15. The van der Waals surface area contributed by atoms with Crippen LogP contribution >= 0.6 is 0 Å². The van der Waals surface area contributed by atoms with Crippen molar-refractivity contribution >= 4 is 12.0 Å². The van der Waals surface area contributed by atoms with Gasteiger partial charge in [0.25, 0.3) is 0 Å². The molecule has 8 heteroatoms. The van der Waals surface area contributed by atoms with Gasteiger partial charge in [0.15, 0.2) is 0 Å². The molecule has 2 heterocycles. The summed E-state index contributed by atoms with van der Waals surface area (Å²) >= 11 is 0. The number of fused-ring (bicyclic) bond motifs is 1. The van der Waals surface area contributed by atoms with E-state index < -0.39 is 5.97 Å². The van der Waals surface area contributed by atoms with Crippen molar-refractivity contribution in [2.75, 3.05) is 0 Å². The Labute approximate surface area is 119 Å². The quantitative estimate of drug-likeness (QED) is 0.770. The highest BCUT2D eigenvalue weighted by Crippen LogP contribution is 2.23. The lowest BCUT2D eigenvalue weighted by atomic mass is 10.1. The Balaban J connectivity index is 1.64. The number of hydrogen-bond donors (Lipinski definition) is 3. The Kier molecular flexibility index (Phi) is 3.27. The minimum atomic E-state index is -0.967. The molecule has 0 radical (unpaired) electrons. The first-order chi connectivity index (χ1) is 10.1. The molecular weight excluding hydrogens is 274 g/mol. The molecule has 0 unspecified atom stereocenters.